The van der Waals surface area contributed by atoms with Crippen LogP contribution in [0.25, 0.3) is 0 Å². The normalized spacial score (nSPS) is 20.6. The molecule has 0 saturated heterocycles. The molecule has 2 rings (SSSR count). The first-order valence-corrected chi connectivity index (χ1v) is 6.44. The number of carbonyl (C=O) groups is 2. The number of aliphatic carboxylic acids is 1. The fourth-order valence-corrected chi connectivity index (χ4v) is 2.10. The van der Waals surface area contributed by atoms with Crippen molar-refractivity contribution in [1.82, 2.24) is 10.6 Å². The molecule has 1 amide bonds. The average Bonchev–Trinajstić information content (AvgIpc) is 2.44. The van der Waals surface area contributed by atoms with Crippen LogP contribution in [0, 0.1) is 0 Å². The lowest BCUT2D eigenvalue weighted by molar-refractivity contribution is -0.156. The van der Waals surface area contributed by atoms with E-state index in [1.807, 2.05) is 24.3 Å². The molecule has 2 atom stereocenters. The second-order valence-electron chi connectivity index (χ2n) is 5.20. The number of carbonyl (C=O) groups excluding carboxylic acids is 1. The number of amides is 1. The van der Waals surface area contributed by atoms with Gasteiger partial charge in [-0.15, -0.1) is 0 Å². The Morgan fingerprint density at radius 2 is 2.05 bits per heavy atom. The molecule has 1 aromatic rings. The Bertz CT molecular complexity index is 528. The van der Waals surface area contributed by atoms with Gasteiger partial charge in [0.2, 0.25) is 5.91 Å². The Balaban J connectivity index is 1.94. The third-order valence-electron chi connectivity index (χ3n) is 3.47. The first kappa shape index (κ1) is 14.5. The zero-order valence-electron chi connectivity index (χ0n) is 11.2. The molecule has 20 heavy (non-hydrogen) atoms. The van der Waals surface area contributed by atoms with E-state index < -0.39 is 17.6 Å². The SMILES string of the molecule is CC(O)(CNC(=O)C1Cc2ccccc2CN1)C(=O)O. The molecule has 0 bridgehead atoms. The number of hydrogen-bond acceptors (Lipinski definition) is 4. The summed E-state index contributed by atoms with van der Waals surface area (Å²) in [7, 11) is 0. The van der Waals surface area contributed by atoms with E-state index in [4.69, 9.17) is 5.11 Å². The molecule has 108 valence electrons. The van der Waals surface area contributed by atoms with Crippen LogP contribution < -0.4 is 10.6 Å². The molecule has 6 heteroatoms. The molecule has 2 unspecified atom stereocenters. The first-order valence-electron chi connectivity index (χ1n) is 6.44. The number of carboxylic acids is 1. The van der Waals surface area contributed by atoms with Gasteiger partial charge in [-0.3, -0.25) is 4.79 Å². The van der Waals surface area contributed by atoms with Crippen LogP contribution in [0.1, 0.15) is 18.1 Å². The number of aliphatic hydroxyl groups is 1. The van der Waals surface area contributed by atoms with Crippen molar-refractivity contribution in [3.63, 3.8) is 0 Å². The third-order valence-corrected chi connectivity index (χ3v) is 3.47. The molecule has 1 aromatic carbocycles. The highest BCUT2D eigenvalue weighted by molar-refractivity contribution is 5.84. The topological polar surface area (TPSA) is 98.7 Å². The van der Waals surface area contributed by atoms with Gasteiger partial charge in [0.25, 0.3) is 0 Å². The Hall–Kier alpha value is -1.92. The second-order valence-corrected chi connectivity index (χ2v) is 5.20. The Morgan fingerprint density at radius 1 is 1.40 bits per heavy atom. The van der Waals surface area contributed by atoms with Crippen LogP contribution in [0.4, 0.5) is 0 Å². The fraction of sp³-hybridized carbons (Fsp3) is 0.429. The molecule has 1 aliphatic rings. The molecule has 0 aliphatic carbocycles. The van der Waals surface area contributed by atoms with Crippen LogP contribution >= 0.6 is 0 Å². The van der Waals surface area contributed by atoms with Crippen molar-refractivity contribution in [3.8, 4) is 0 Å². The molecule has 4 N–H and O–H groups in total. The van der Waals surface area contributed by atoms with Gasteiger partial charge in [-0.05, 0) is 24.5 Å². The van der Waals surface area contributed by atoms with Gasteiger partial charge in [0.1, 0.15) is 0 Å². The number of benzene rings is 1. The molecule has 0 saturated carbocycles. The van der Waals surface area contributed by atoms with Crippen molar-refractivity contribution in [2.45, 2.75) is 31.5 Å². The van der Waals surface area contributed by atoms with E-state index in [0.29, 0.717) is 13.0 Å². The minimum absolute atomic E-state index is 0.305. The summed E-state index contributed by atoms with van der Waals surface area (Å²) < 4.78 is 0. The van der Waals surface area contributed by atoms with Crippen LogP contribution in [0.15, 0.2) is 24.3 Å². The van der Waals surface area contributed by atoms with Gasteiger partial charge in [0, 0.05) is 6.54 Å². The quantitative estimate of drug-likeness (QED) is 0.603. The predicted molar refractivity (Wildman–Crippen MR) is 72.0 cm³/mol. The summed E-state index contributed by atoms with van der Waals surface area (Å²) in [6.07, 6.45) is 0.553. The third kappa shape index (κ3) is 3.15. The molecule has 6 nitrogen and oxygen atoms in total. The highest BCUT2D eigenvalue weighted by Gasteiger charge is 2.32. The molecule has 0 fully saturated rings. The summed E-state index contributed by atoms with van der Waals surface area (Å²) in [5.74, 6) is -1.67. The van der Waals surface area contributed by atoms with Gasteiger partial charge in [0.15, 0.2) is 5.60 Å². The second kappa shape index (κ2) is 5.60. The van der Waals surface area contributed by atoms with E-state index in [1.54, 1.807) is 0 Å². The summed E-state index contributed by atoms with van der Waals surface area (Å²) in [6.45, 7) is 1.43. The van der Waals surface area contributed by atoms with Crippen molar-refractivity contribution in [2.24, 2.45) is 0 Å². The van der Waals surface area contributed by atoms with E-state index in [9.17, 15) is 14.7 Å². The molecule has 0 aromatic heterocycles. The average molecular weight is 278 g/mol. The molecular weight excluding hydrogens is 260 g/mol. The molecular formula is C14H18N2O4. The van der Waals surface area contributed by atoms with Gasteiger partial charge in [-0.25, -0.2) is 4.79 Å². The van der Waals surface area contributed by atoms with E-state index in [1.165, 1.54) is 0 Å². The van der Waals surface area contributed by atoms with Gasteiger partial charge in [-0.1, -0.05) is 24.3 Å². The summed E-state index contributed by atoms with van der Waals surface area (Å²) in [5, 5.41) is 23.9. The van der Waals surface area contributed by atoms with Crippen molar-refractivity contribution in [2.75, 3.05) is 6.54 Å². The molecule has 1 aliphatic heterocycles. The number of nitrogens with one attached hydrogen (secondary N) is 2. The summed E-state index contributed by atoms with van der Waals surface area (Å²) >= 11 is 0. The fourth-order valence-electron chi connectivity index (χ4n) is 2.10. The summed E-state index contributed by atoms with van der Waals surface area (Å²) in [6, 6.07) is 7.45. The predicted octanol–water partition coefficient (Wildman–Crippen LogP) is -0.347. The highest BCUT2D eigenvalue weighted by Crippen LogP contribution is 2.16. The van der Waals surface area contributed by atoms with E-state index in [-0.39, 0.29) is 12.5 Å². The Morgan fingerprint density at radius 3 is 2.70 bits per heavy atom. The van der Waals surface area contributed by atoms with Crippen molar-refractivity contribution in [1.29, 1.82) is 0 Å². The number of hydrogen-bond donors (Lipinski definition) is 4. The van der Waals surface area contributed by atoms with Crippen molar-refractivity contribution in [3.05, 3.63) is 35.4 Å². The number of fused-ring (bicyclic) bond motifs is 1. The monoisotopic (exact) mass is 278 g/mol. The molecule has 1 heterocycles. The lowest BCUT2D eigenvalue weighted by Gasteiger charge is -2.26. The summed E-state index contributed by atoms with van der Waals surface area (Å²) in [4.78, 5) is 22.8. The maximum absolute atomic E-state index is 12.0. The van der Waals surface area contributed by atoms with Crippen LogP contribution in [-0.4, -0.2) is 40.3 Å². The smallest absolute Gasteiger partial charge is 0.337 e. The van der Waals surface area contributed by atoms with Crippen LogP contribution in [0.2, 0.25) is 0 Å². The Labute approximate surface area is 116 Å². The largest absolute Gasteiger partial charge is 0.479 e. The molecule has 0 radical (unpaired) electrons. The number of carboxylic acid groups (broad SMARTS) is 1. The molecule has 0 spiro atoms. The lowest BCUT2D eigenvalue weighted by Crippen LogP contribution is -2.53. The number of rotatable bonds is 4. The highest BCUT2D eigenvalue weighted by atomic mass is 16.4. The lowest BCUT2D eigenvalue weighted by atomic mass is 9.95. The van der Waals surface area contributed by atoms with Crippen molar-refractivity contribution < 1.29 is 19.8 Å². The zero-order chi connectivity index (χ0) is 14.8. The minimum Gasteiger partial charge on any atom is -0.479 e. The maximum atomic E-state index is 12.0. The Kier molecular flexibility index (Phi) is 4.06. The van der Waals surface area contributed by atoms with Gasteiger partial charge in [-0.2, -0.15) is 0 Å². The zero-order valence-corrected chi connectivity index (χ0v) is 11.2. The maximum Gasteiger partial charge on any atom is 0.337 e. The van der Waals surface area contributed by atoms with E-state index in [0.717, 1.165) is 18.1 Å². The van der Waals surface area contributed by atoms with Gasteiger partial charge < -0.3 is 20.8 Å². The van der Waals surface area contributed by atoms with E-state index >= 15 is 0 Å². The van der Waals surface area contributed by atoms with E-state index in [2.05, 4.69) is 10.6 Å². The van der Waals surface area contributed by atoms with Crippen molar-refractivity contribution >= 4 is 11.9 Å². The summed E-state index contributed by atoms with van der Waals surface area (Å²) in [5.41, 5.74) is 0.313. The first-order chi connectivity index (χ1) is 9.40. The standard InChI is InChI=1S/C14H18N2O4/c1-14(20,13(18)19)8-16-12(17)11-6-9-4-2-3-5-10(9)7-15-11/h2-5,11,15,20H,6-8H2,1H3,(H,16,17)(H,18,19). The minimum atomic E-state index is -1.96. The van der Waals surface area contributed by atoms with Gasteiger partial charge in [0.05, 0.1) is 12.6 Å². The van der Waals surface area contributed by atoms with Crippen LogP contribution in [-0.2, 0) is 22.6 Å². The van der Waals surface area contributed by atoms with Gasteiger partial charge >= 0.3 is 5.97 Å². The van der Waals surface area contributed by atoms with Crippen LogP contribution in [0.3, 0.4) is 0 Å². The van der Waals surface area contributed by atoms with Crippen LogP contribution in [0.5, 0.6) is 0 Å².